The van der Waals surface area contributed by atoms with Gasteiger partial charge in [0.15, 0.2) is 5.82 Å². The molecule has 0 amide bonds. The standard InChI is InChI=1S/C13H20N4/c14-11-7-6-10(8-11)13-15-12(16-17-13)9-4-2-1-3-5-9/h6-7,9-11H,1-5,8,14H2,(H,15,16,17). The Kier molecular flexibility index (Phi) is 2.97. The van der Waals surface area contributed by atoms with Crippen LogP contribution < -0.4 is 5.73 Å². The summed E-state index contributed by atoms with van der Waals surface area (Å²) in [5, 5.41) is 7.50. The van der Waals surface area contributed by atoms with Gasteiger partial charge >= 0.3 is 0 Å². The molecule has 1 aromatic rings. The molecule has 92 valence electrons. The van der Waals surface area contributed by atoms with Crippen LogP contribution in [-0.2, 0) is 0 Å². The highest BCUT2D eigenvalue weighted by atomic mass is 15.2. The second-order valence-electron chi connectivity index (χ2n) is 5.30. The minimum atomic E-state index is 0.184. The molecule has 0 saturated heterocycles. The summed E-state index contributed by atoms with van der Waals surface area (Å²) in [5.74, 6) is 2.94. The Bertz CT molecular complexity index is 403. The molecule has 0 aromatic carbocycles. The van der Waals surface area contributed by atoms with E-state index in [0.717, 1.165) is 18.1 Å². The van der Waals surface area contributed by atoms with Gasteiger partial charge in [-0.1, -0.05) is 31.4 Å². The minimum absolute atomic E-state index is 0.184. The Morgan fingerprint density at radius 3 is 2.71 bits per heavy atom. The molecular formula is C13H20N4. The van der Waals surface area contributed by atoms with Crippen molar-refractivity contribution in [3.05, 3.63) is 23.8 Å². The van der Waals surface area contributed by atoms with Crippen LogP contribution >= 0.6 is 0 Å². The maximum atomic E-state index is 5.86. The van der Waals surface area contributed by atoms with Gasteiger partial charge in [0, 0.05) is 17.9 Å². The molecule has 1 heterocycles. The number of hydrogen-bond donors (Lipinski definition) is 2. The van der Waals surface area contributed by atoms with E-state index in [9.17, 15) is 0 Å². The van der Waals surface area contributed by atoms with Gasteiger partial charge in [0.1, 0.15) is 5.82 Å². The molecular weight excluding hydrogens is 212 g/mol. The third kappa shape index (κ3) is 2.27. The lowest BCUT2D eigenvalue weighted by atomic mass is 9.89. The number of rotatable bonds is 2. The van der Waals surface area contributed by atoms with Crippen molar-refractivity contribution in [2.45, 2.75) is 56.4 Å². The van der Waals surface area contributed by atoms with E-state index in [1.165, 1.54) is 32.1 Å². The van der Waals surface area contributed by atoms with E-state index in [2.05, 4.69) is 27.3 Å². The molecule has 4 nitrogen and oxygen atoms in total. The lowest BCUT2D eigenvalue weighted by Gasteiger charge is -2.18. The van der Waals surface area contributed by atoms with Gasteiger partial charge in [-0.3, -0.25) is 5.10 Å². The highest BCUT2D eigenvalue weighted by molar-refractivity contribution is 5.17. The van der Waals surface area contributed by atoms with Crippen LogP contribution in [0.4, 0.5) is 0 Å². The first-order valence-electron chi connectivity index (χ1n) is 6.69. The molecule has 4 heteroatoms. The second-order valence-corrected chi connectivity index (χ2v) is 5.30. The van der Waals surface area contributed by atoms with E-state index in [1.807, 2.05) is 0 Å². The third-order valence-electron chi connectivity index (χ3n) is 3.96. The largest absolute Gasteiger partial charge is 0.324 e. The van der Waals surface area contributed by atoms with E-state index in [1.54, 1.807) is 0 Å². The van der Waals surface area contributed by atoms with Crippen LogP contribution in [0.25, 0.3) is 0 Å². The highest BCUT2D eigenvalue weighted by Crippen LogP contribution is 2.32. The lowest BCUT2D eigenvalue weighted by Crippen LogP contribution is -2.14. The van der Waals surface area contributed by atoms with Crippen molar-refractivity contribution in [3.63, 3.8) is 0 Å². The molecule has 3 N–H and O–H groups in total. The molecule has 0 radical (unpaired) electrons. The summed E-state index contributed by atoms with van der Waals surface area (Å²) in [6, 6.07) is 0.184. The summed E-state index contributed by atoms with van der Waals surface area (Å²) in [5.41, 5.74) is 5.86. The first-order chi connectivity index (χ1) is 8.33. The molecule has 2 aliphatic rings. The molecule has 3 rings (SSSR count). The quantitative estimate of drug-likeness (QED) is 0.768. The van der Waals surface area contributed by atoms with Crippen molar-refractivity contribution in [2.75, 3.05) is 0 Å². The molecule has 17 heavy (non-hydrogen) atoms. The summed E-state index contributed by atoms with van der Waals surface area (Å²) in [6.07, 6.45) is 11.7. The predicted molar refractivity (Wildman–Crippen MR) is 66.7 cm³/mol. The second kappa shape index (κ2) is 4.61. The Hall–Kier alpha value is -1.16. The zero-order valence-corrected chi connectivity index (χ0v) is 10.1. The fourth-order valence-electron chi connectivity index (χ4n) is 2.93. The van der Waals surface area contributed by atoms with Gasteiger partial charge in [0.2, 0.25) is 0 Å². The molecule has 1 saturated carbocycles. The smallest absolute Gasteiger partial charge is 0.153 e. The van der Waals surface area contributed by atoms with Crippen LogP contribution in [0.3, 0.4) is 0 Å². The summed E-state index contributed by atoms with van der Waals surface area (Å²) in [7, 11) is 0. The van der Waals surface area contributed by atoms with Crippen LogP contribution in [0.5, 0.6) is 0 Å². The third-order valence-corrected chi connectivity index (χ3v) is 3.96. The van der Waals surface area contributed by atoms with Crippen molar-refractivity contribution in [3.8, 4) is 0 Å². The summed E-state index contributed by atoms with van der Waals surface area (Å²) in [6.45, 7) is 0. The van der Waals surface area contributed by atoms with Gasteiger partial charge in [0.25, 0.3) is 0 Å². The molecule has 0 bridgehead atoms. The lowest BCUT2D eigenvalue weighted by molar-refractivity contribution is 0.429. The van der Waals surface area contributed by atoms with E-state index < -0.39 is 0 Å². The first kappa shape index (κ1) is 11.0. The summed E-state index contributed by atoms with van der Waals surface area (Å²) >= 11 is 0. The fraction of sp³-hybridized carbons (Fsp3) is 0.692. The highest BCUT2D eigenvalue weighted by Gasteiger charge is 2.24. The molecule has 2 unspecified atom stereocenters. The molecule has 1 fully saturated rings. The normalized spacial score (nSPS) is 29.9. The van der Waals surface area contributed by atoms with E-state index in [-0.39, 0.29) is 6.04 Å². The molecule has 2 aliphatic carbocycles. The molecule has 0 aliphatic heterocycles. The average molecular weight is 232 g/mol. The number of aromatic amines is 1. The Morgan fingerprint density at radius 2 is 2.00 bits per heavy atom. The number of nitrogens with zero attached hydrogens (tertiary/aromatic N) is 2. The number of H-pyrrole nitrogens is 1. The van der Waals surface area contributed by atoms with Gasteiger partial charge in [0.05, 0.1) is 0 Å². The van der Waals surface area contributed by atoms with Gasteiger partial charge < -0.3 is 5.73 Å². The first-order valence-corrected chi connectivity index (χ1v) is 6.69. The van der Waals surface area contributed by atoms with Gasteiger partial charge in [-0.2, -0.15) is 5.10 Å². The van der Waals surface area contributed by atoms with Crippen molar-refractivity contribution in [1.82, 2.24) is 15.2 Å². The monoisotopic (exact) mass is 232 g/mol. The van der Waals surface area contributed by atoms with Crippen molar-refractivity contribution >= 4 is 0 Å². The average Bonchev–Trinajstić information content (AvgIpc) is 2.98. The number of nitrogens with one attached hydrogen (secondary N) is 1. The van der Waals surface area contributed by atoms with Crippen LogP contribution in [0.1, 0.15) is 62.0 Å². The number of hydrogen-bond acceptors (Lipinski definition) is 3. The van der Waals surface area contributed by atoms with Crippen LogP contribution in [0.2, 0.25) is 0 Å². The van der Waals surface area contributed by atoms with Gasteiger partial charge in [-0.25, -0.2) is 4.98 Å². The van der Waals surface area contributed by atoms with E-state index >= 15 is 0 Å². The minimum Gasteiger partial charge on any atom is -0.324 e. The Morgan fingerprint density at radius 1 is 1.18 bits per heavy atom. The van der Waals surface area contributed by atoms with Crippen molar-refractivity contribution in [2.24, 2.45) is 5.73 Å². The zero-order chi connectivity index (χ0) is 11.7. The Balaban J connectivity index is 1.71. The predicted octanol–water partition coefficient (Wildman–Crippen LogP) is 2.22. The van der Waals surface area contributed by atoms with Crippen molar-refractivity contribution < 1.29 is 0 Å². The van der Waals surface area contributed by atoms with Crippen LogP contribution in [-0.4, -0.2) is 21.2 Å². The van der Waals surface area contributed by atoms with Gasteiger partial charge in [-0.05, 0) is 19.3 Å². The zero-order valence-electron chi connectivity index (χ0n) is 10.1. The van der Waals surface area contributed by atoms with E-state index in [0.29, 0.717) is 11.8 Å². The maximum absolute atomic E-state index is 5.86. The number of allylic oxidation sites excluding steroid dienone is 1. The van der Waals surface area contributed by atoms with Crippen molar-refractivity contribution in [1.29, 1.82) is 0 Å². The van der Waals surface area contributed by atoms with Crippen LogP contribution in [0.15, 0.2) is 12.2 Å². The molecule has 1 aromatic heterocycles. The molecule has 0 spiro atoms. The fourth-order valence-corrected chi connectivity index (χ4v) is 2.93. The SMILES string of the molecule is NC1C=CC(c2nc(C3CCCCC3)n[nH]2)C1. The number of aromatic nitrogens is 3. The van der Waals surface area contributed by atoms with Crippen LogP contribution in [0, 0.1) is 0 Å². The van der Waals surface area contributed by atoms with Gasteiger partial charge in [-0.15, -0.1) is 0 Å². The maximum Gasteiger partial charge on any atom is 0.153 e. The summed E-state index contributed by atoms with van der Waals surface area (Å²) < 4.78 is 0. The topological polar surface area (TPSA) is 67.6 Å². The Labute approximate surface area is 102 Å². The number of nitrogens with two attached hydrogens (primary N) is 1. The summed E-state index contributed by atoms with van der Waals surface area (Å²) in [4.78, 5) is 4.68. The molecule has 2 atom stereocenters. The van der Waals surface area contributed by atoms with E-state index in [4.69, 9.17) is 5.73 Å².